The van der Waals surface area contributed by atoms with E-state index in [1.807, 2.05) is 4.57 Å². The van der Waals surface area contributed by atoms with Gasteiger partial charge in [-0.25, -0.2) is 9.37 Å². The molecule has 0 fully saturated rings. The van der Waals surface area contributed by atoms with Gasteiger partial charge in [0.25, 0.3) is 0 Å². The molecule has 0 radical (unpaired) electrons. The van der Waals surface area contributed by atoms with E-state index in [9.17, 15) is 19.1 Å². The third-order valence-electron chi connectivity index (χ3n) is 4.26. The maximum Gasteiger partial charge on any atom is 0.222 e. The zero-order valence-corrected chi connectivity index (χ0v) is 15.0. The van der Waals surface area contributed by atoms with E-state index in [4.69, 9.17) is 0 Å². The highest BCUT2D eigenvalue weighted by atomic mass is 19.1. The fraction of sp³-hybridized carbons (Fsp3) is 0.250. The number of carboxylic acids is 1. The third-order valence-corrected chi connectivity index (χ3v) is 4.26. The molecule has 0 aliphatic rings. The normalized spacial score (nSPS) is 11.1. The molecule has 140 valence electrons. The second kappa shape index (κ2) is 7.57. The lowest BCUT2D eigenvalue weighted by Crippen LogP contribution is -2.28. The first-order chi connectivity index (χ1) is 12.8. The third kappa shape index (κ3) is 4.13. The highest BCUT2D eigenvalue weighted by Gasteiger charge is 2.14. The number of benzene rings is 2. The van der Waals surface area contributed by atoms with Gasteiger partial charge in [0.1, 0.15) is 11.6 Å². The van der Waals surface area contributed by atoms with Gasteiger partial charge in [-0.2, -0.15) is 0 Å². The molecule has 27 heavy (non-hydrogen) atoms. The van der Waals surface area contributed by atoms with Gasteiger partial charge in [-0.1, -0.05) is 32.0 Å². The second-order valence-electron chi connectivity index (χ2n) is 6.60. The molecule has 0 saturated carbocycles. The summed E-state index contributed by atoms with van der Waals surface area (Å²) in [6.07, 6.45) is 0. The summed E-state index contributed by atoms with van der Waals surface area (Å²) in [6, 6.07) is 10.7. The molecule has 1 N–H and O–H groups in total. The molecule has 1 amide bonds. The molecule has 0 aliphatic heterocycles. The smallest absolute Gasteiger partial charge is 0.222 e. The molecule has 1 heterocycles. The maximum atomic E-state index is 13.2. The van der Waals surface area contributed by atoms with Gasteiger partial charge in [-0.05, 0) is 35.4 Å². The van der Waals surface area contributed by atoms with Crippen molar-refractivity contribution >= 4 is 22.9 Å². The average Bonchev–Trinajstić information content (AvgIpc) is 2.98. The molecule has 0 spiro atoms. The van der Waals surface area contributed by atoms with Crippen molar-refractivity contribution in [2.24, 2.45) is 5.92 Å². The Morgan fingerprint density at radius 3 is 2.52 bits per heavy atom. The van der Waals surface area contributed by atoms with Crippen molar-refractivity contribution in [3.8, 4) is 0 Å². The summed E-state index contributed by atoms with van der Waals surface area (Å²) in [5.74, 6) is -1.29. The molecular formula is C20H19FN3O3-. The molecule has 0 aliphatic carbocycles. The number of fused-ring (bicyclic) bond motifs is 1. The second-order valence-corrected chi connectivity index (χ2v) is 6.60. The minimum Gasteiger partial charge on any atom is -0.545 e. The minimum atomic E-state index is -1.28. The number of carboxylic acid groups (broad SMARTS) is 1. The van der Waals surface area contributed by atoms with E-state index in [1.54, 1.807) is 32.0 Å². The Labute approximate surface area is 155 Å². The van der Waals surface area contributed by atoms with Crippen LogP contribution in [0.15, 0.2) is 42.5 Å². The van der Waals surface area contributed by atoms with Crippen molar-refractivity contribution in [1.29, 1.82) is 0 Å². The van der Waals surface area contributed by atoms with Crippen LogP contribution in [0.2, 0.25) is 0 Å². The topological polar surface area (TPSA) is 87.1 Å². The van der Waals surface area contributed by atoms with E-state index in [-0.39, 0.29) is 29.8 Å². The van der Waals surface area contributed by atoms with Gasteiger partial charge < -0.3 is 19.8 Å². The molecule has 1 aromatic heterocycles. The van der Waals surface area contributed by atoms with E-state index in [2.05, 4.69) is 10.3 Å². The Balaban J connectivity index is 2.00. The van der Waals surface area contributed by atoms with Crippen molar-refractivity contribution in [3.63, 3.8) is 0 Å². The molecule has 3 aromatic rings. The lowest BCUT2D eigenvalue weighted by atomic mass is 10.2. The molecule has 6 nitrogen and oxygen atoms in total. The van der Waals surface area contributed by atoms with E-state index in [0.29, 0.717) is 17.9 Å². The molecule has 0 atom stereocenters. The summed E-state index contributed by atoms with van der Waals surface area (Å²) in [7, 11) is 0. The van der Waals surface area contributed by atoms with Gasteiger partial charge >= 0.3 is 0 Å². The first-order valence-electron chi connectivity index (χ1n) is 8.58. The number of aromatic carboxylic acids is 1. The van der Waals surface area contributed by atoms with Gasteiger partial charge in [0.2, 0.25) is 5.91 Å². The molecule has 7 heteroatoms. The largest absolute Gasteiger partial charge is 0.545 e. The van der Waals surface area contributed by atoms with Gasteiger partial charge in [-0.3, -0.25) is 4.79 Å². The van der Waals surface area contributed by atoms with Gasteiger partial charge in [-0.15, -0.1) is 0 Å². The van der Waals surface area contributed by atoms with Crippen molar-refractivity contribution in [3.05, 3.63) is 65.2 Å². The fourth-order valence-electron chi connectivity index (χ4n) is 2.76. The van der Waals surface area contributed by atoms with E-state index >= 15 is 0 Å². The first kappa shape index (κ1) is 18.6. The fourth-order valence-corrected chi connectivity index (χ4v) is 2.76. The van der Waals surface area contributed by atoms with Crippen LogP contribution in [0.5, 0.6) is 0 Å². The van der Waals surface area contributed by atoms with Crippen molar-refractivity contribution < 1.29 is 19.1 Å². The lowest BCUT2D eigenvalue weighted by molar-refractivity contribution is -0.255. The molecule has 0 bridgehead atoms. The lowest BCUT2D eigenvalue weighted by Gasteiger charge is -2.12. The van der Waals surface area contributed by atoms with Crippen LogP contribution in [0, 0.1) is 11.7 Å². The quantitative estimate of drug-likeness (QED) is 0.719. The summed E-state index contributed by atoms with van der Waals surface area (Å²) in [6.45, 7) is 4.20. The highest BCUT2D eigenvalue weighted by molar-refractivity contribution is 5.91. The summed E-state index contributed by atoms with van der Waals surface area (Å²) in [5, 5.41) is 13.9. The first-order valence-corrected chi connectivity index (χ1v) is 8.58. The van der Waals surface area contributed by atoms with Crippen LogP contribution >= 0.6 is 0 Å². The summed E-state index contributed by atoms with van der Waals surface area (Å²) >= 11 is 0. The van der Waals surface area contributed by atoms with E-state index in [1.165, 1.54) is 24.3 Å². The van der Waals surface area contributed by atoms with Gasteiger partial charge in [0, 0.05) is 12.5 Å². The highest BCUT2D eigenvalue weighted by Crippen LogP contribution is 2.20. The van der Waals surface area contributed by atoms with Crippen LogP contribution < -0.4 is 10.4 Å². The monoisotopic (exact) mass is 368 g/mol. The number of nitrogens with one attached hydrogen (secondary N) is 1. The average molecular weight is 368 g/mol. The van der Waals surface area contributed by atoms with Crippen LogP contribution in [-0.2, 0) is 17.9 Å². The number of carbonyl (C=O) groups is 2. The number of nitrogens with zero attached hydrogens (tertiary/aromatic N) is 2. The summed E-state index contributed by atoms with van der Waals surface area (Å²) < 4.78 is 15.1. The number of carbonyl (C=O) groups excluding carboxylic acids is 2. The zero-order valence-electron chi connectivity index (χ0n) is 15.0. The number of imidazole rings is 1. The van der Waals surface area contributed by atoms with Crippen LogP contribution in [0.3, 0.4) is 0 Å². The molecular weight excluding hydrogens is 349 g/mol. The summed E-state index contributed by atoms with van der Waals surface area (Å²) in [5.41, 5.74) is 2.11. The van der Waals surface area contributed by atoms with Crippen LogP contribution in [-0.4, -0.2) is 21.4 Å². The summed E-state index contributed by atoms with van der Waals surface area (Å²) in [4.78, 5) is 27.5. The Hall–Kier alpha value is -3.22. The predicted octanol–water partition coefficient (Wildman–Crippen LogP) is 1.86. The number of hydrogen-bond acceptors (Lipinski definition) is 4. The number of amides is 1. The minimum absolute atomic E-state index is 0.0340. The van der Waals surface area contributed by atoms with Crippen LogP contribution in [0.25, 0.3) is 11.0 Å². The molecule has 0 unspecified atom stereocenters. The molecule has 3 rings (SSSR count). The molecule has 2 aromatic carbocycles. The number of rotatable bonds is 6. The standard InChI is InChI=1S/C20H20FN3O3/c1-12(2)19(25)22-10-18-23-16-9-14(20(26)27)5-8-17(16)24(18)11-13-3-6-15(21)7-4-13/h3-9,12H,10-11H2,1-2H3,(H,22,25)(H,26,27)/p-1. The van der Waals surface area contributed by atoms with Gasteiger partial charge in [0.15, 0.2) is 0 Å². The maximum absolute atomic E-state index is 13.2. The Morgan fingerprint density at radius 2 is 1.89 bits per heavy atom. The van der Waals surface area contributed by atoms with Crippen LogP contribution in [0.4, 0.5) is 4.39 Å². The zero-order chi connectivity index (χ0) is 19.6. The van der Waals surface area contributed by atoms with Crippen LogP contribution in [0.1, 0.15) is 35.6 Å². The predicted molar refractivity (Wildman–Crippen MR) is 96.3 cm³/mol. The number of halogens is 1. The molecule has 0 saturated heterocycles. The Kier molecular flexibility index (Phi) is 5.21. The SMILES string of the molecule is CC(C)C(=O)NCc1nc2cc(C(=O)[O-])ccc2n1Cc1ccc(F)cc1. The van der Waals surface area contributed by atoms with E-state index < -0.39 is 5.97 Å². The Bertz CT molecular complexity index is 994. The van der Waals surface area contributed by atoms with Crippen molar-refractivity contribution in [2.75, 3.05) is 0 Å². The van der Waals surface area contributed by atoms with Crippen molar-refractivity contribution in [1.82, 2.24) is 14.9 Å². The van der Waals surface area contributed by atoms with E-state index in [0.717, 1.165) is 11.1 Å². The number of aromatic nitrogens is 2. The van der Waals surface area contributed by atoms with Crippen molar-refractivity contribution in [2.45, 2.75) is 26.9 Å². The van der Waals surface area contributed by atoms with Gasteiger partial charge in [0.05, 0.1) is 23.5 Å². The number of hydrogen-bond donors (Lipinski definition) is 1. The Morgan fingerprint density at radius 1 is 1.19 bits per heavy atom.